The van der Waals surface area contributed by atoms with Crippen molar-refractivity contribution in [2.75, 3.05) is 7.11 Å². The van der Waals surface area contributed by atoms with Crippen LogP contribution in [0.3, 0.4) is 0 Å². The van der Waals surface area contributed by atoms with Crippen molar-refractivity contribution in [2.45, 2.75) is 6.92 Å². The van der Waals surface area contributed by atoms with E-state index in [1.807, 2.05) is 0 Å². The van der Waals surface area contributed by atoms with Crippen LogP contribution in [0, 0.1) is 6.92 Å². The van der Waals surface area contributed by atoms with Crippen molar-refractivity contribution in [3.05, 3.63) is 35.4 Å². The van der Waals surface area contributed by atoms with E-state index in [0.717, 1.165) is 0 Å². The lowest BCUT2D eigenvalue weighted by molar-refractivity contribution is 0.0600. The molecule has 0 aliphatic heterocycles. The van der Waals surface area contributed by atoms with Gasteiger partial charge in [-0.15, -0.1) is 0 Å². The SMILES string of the molecule is C=Cc1cc(C(=O)OC)c(C)cc1O. The summed E-state index contributed by atoms with van der Waals surface area (Å²) in [5.41, 5.74) is 1.65. The lowest BCUT2D eigenvalue weighted by Crippen LogP contribution is -2.04. The molecule has 3 nitrogen and oxygen atoms in total. The second kappa shape index (κ2) is 3.96. The maximum absolute atomic E-state index is 11.3. The fraction of sp³-hybridized carbons (Fsp3) is 0.182. The molecular weight excluding hydrogens is 180 g/mol. The van der Waals surface area contributed by atoms with Gasteiger partial charge in [-0.05, 0) is 24.6 Å². The van der Waals surface area contributed by atoms with E-state index >= 15 is 0 Å². The molecule has 0 saturated heterocycles. The zero-order chi connectivity index (χ0) is 10.7. The molecular formula is C11H12O3. The second-order valence-corrected chi connectivity index (χ2v) is 2.92. The number of benzene rings is 1. The summed E-state index contributed by atoms with van der Waals surface area (Å²) in [7, 11) is 1.32. The first kappa shape index (κ1) is 10.3. The molecule has 1 rings (SSSR count). The highest BCUT2D eigenvalue weighted by Gasteiger charge is 2.11. The molecule has 0 saturated carbocycles. The summed E-state index contributed by atoms with van der Waals surface area (Å²) < 4.78 is 4.60. The molecule has 1 aromatic rings. The summed E-state index contributed by atoms with van der Waals surface area (Å²) in [5.74, 6) is -0.296. The smallest absolute Gasteiger partial charge is 0.338 e. The van der Waals surface area contributed by atoms with Crippen LogP contribution in [0.25, 0.3) is 6.08 Å². The number of phenolic OH excluding ortho intramolecular Hbond substituents is 1. The Balaban J connectivity index is 3.30. The van der Waals surface area contributed by atoms with Crippen molar-refractivity contribution in [1.82, 2.24) is 0 Å². The predicted octanol–water partition coefficient (Wildman–Crippen LogP) is 2.13. The summed E-state index contributed by atoms with van der Waals surface area (Å²) in [6.45, 7) is 5.27. The van der Waals surface area contributed by atoms with E-state index in [1.54, 1.807) is 13.0 Å². The van der Waals surface area contributed by atoms with Crippen LogP contribution in [-0.4, -0.2) is 18.2 Å². The third-order valence-corrected chi connectivity index (χ3v) is 2.00. The number of carbonyl (C=O) groups is 1. The molecule has 0 aromatic heterocycles. The Labute approximate surface area is 82.6 Å². The fourth-order valence-corrected chi connectivity index (χ4v) is 1.20. The monoisotopic (exact) mass is 192 g/mol. The molecule has 0 aliphatic carbocycles. The van der Waals surface area contributed by atoms with Gasteiger partial charge >= 0.3 is 5.97 Å². The van der Waals surface area contributed by atoms with E-state index in [0.29, 0.717) is 16.7 Å². The number of carbonyl (C=O) groups excluding carboxylic acids is 1. The number of aromatic hydroxyl groups is 1. The van der Waals surface area contributed by atoms with Gasteiger partial charge < -0.3 is 9.84 Å². The first-order valence-corrected chi connectivity index (χ1v) is 4.14. The zero-order valence-electron chi connectivity index (χ0n) is 8.20. The van der Waals surface area contributed by atoms with E-state index < -0.39 is 5.97 Å². The van der Waals surface area contributed by atoms with Gasteiger partial charge in [-0.2, -0.15) is 0 Å². The van der Waals surface area contributed by atoms with Crippen LogP contribution in [0.4, 0.5) is 0 Å². The molecule has 0 atom stereocenters. The molecule has 0 unspecified atom stereocenters. The Morgan fingerprint density at radius 2 is 2.21 bits per heavy atom. The van der Waals surface area contributed by atoms with Crippen molar-refractivity contribution in [3.8, 4) is 5.75 Å². The van der Waals surface area contributed by atoms with E-state index in [-0.39, 0.29) is 5.75 Å². The summed E-state index contributed by atoms with van der Waals surface area (Å²) in [6, 6.07) is 3.08. The number of ether oxygens (including phenoxy) is 1. The molecule has 0 aliphatic rings. The third-order valence-electron chi connectivity index (χ3n) is 2.00. The zero-order valence-corrected chi connectivity index (χ0v) is 8.20. The van der Waals surface area contributed by atoms with E-state index in [1.165, 1.54) is 19.3 Å². The van der Waals surface area contributed by atoms with Gasteiger partial charge in [0.25, 0.3) is 0 Å². The van der Waals surface area contributed by atoms with Gasteiger partial charge in [-0.3, -0.25) is 0 Å². The van der Waals surface area contributed by atoms with Crippen LogP contribution in [-0.2, 0) is 4.74 Å². The molecule has 3 heteroatoms. The van der Waals surface area contributed by atoms with Crippen molar-refractivity contribution < 1.29 is 14.6 Å². The largest absolute Gasteiger partial charge is 0.507 e. The van der Waals surface area contributed by atoms with E-state index in [2.05, 4.69) is 11.3 Å². The Morgan fingerprint density at radius 1 is 1.57 bits per heavy atom. The highest BCUT2D eigenvalue weighted by molar-refractivity contribution is 5.92. The lowest BCUT2D eigenvalue weighted by Gasteiger charge is -2.06. The van der Waals surface area contributed by atoms with E-state index in [4.69, 9.17) is 0 Å². The molecule has 0 amide bonds. The molecule has 74 valence electrons. The van der Waals surface area contributed by atoms with Crippen LogP contribution in [0.15, 0.2) is 18.7 Å². The van der Waals surface area contributed by atoms with Crippen LogP contribution < -0.4 is 0 Å². The van der Waals surface area contributed by atoms with Crippen LogP contribution in [0.2, 0.25) is 0 Å². The van der Waals surface area contributed by atoms with Crippen LogP contribution in [0.5, 0.6) is 5.75 Å². The molecule has 14 heavy (non-hydrogen) atoms. The fourth-order valence-electron chi connectivity index (χ4n) is 1.20. The highest BCUT2D eigenvalue weighted by atomic mass is 16.5. The quantitative estimate of drug-likeness (QED) is 0.730. The topological polar surface area (TPSA) is 46.5 Å². The average molecular weight is 192 g/mol. The third kappa shape index (κ3) is 1.76. The molecule has 1 aromatic carbocycles. The minimum absolute atomic E-state index is 0.116. The van der Waals surface area contributed by atoms with Gasteiger partial charge in [0.15, 0.2) is 0 Å². The number of phenols is 1. The number of aryl methyl sites for hydroxylation is 1. The number of hydrogen-bond donors (Lipinski definition) is 1. The molecule has 0 bridgehead atoms. The molecule has 0 fully saturated rings. The molecule has 1 N–H and O–H groups in total. The van der Waals surface area contributed by atoms with E-state index in [9.17, 15) is 9.90 Å². The van der Waals surface area contributed by atoms with Crippen molar-refractivity contribution in [1.29, 1.82) is 0 Å². The summed E-state index contributed by atoms with van der Waals surface area (Å²) in [6.07, 6.45) is 1.49. The van der Waals surface area contributed by atoms with Crippen molar-refractivity contribution in [3.63, 3.8) is 0 Å². The summed E-state index contributed by atoms with van der Waals surface area (Å²) in [4.78, 5) is 11.3. The Kier molecular flexibility index (Phi) is 2.92. The number of rotatable bonds is 2. The minimum atomic E-state index is -0.411. The predicted molar refractivity (Wildman–Crippen MR) is 54.3 cm³/mol. The van der Waals surface area contributed by atoms with Gasteiger partial charge in [-0.25, -0.2) is 4.79 Å². The lowest BCUT2D eigenvalue weighted by atomic mass is 10.0. The standard InChI is InChI=1S/C11H12O3/c1-4-8-6-9(11(13)14-3)7(2)5-10(8)12/h4-6,12H,1H2,2-3H3. The summed E-state index contributed by atoms with van der Waals surface area (Å²) in [5, 5.41) is 9.45. The van der Waals surface area contributed by atoms with Gasteiger partial charge in [0, 0.05) is 5.56 Å². The average Bonchev–Trinajstić information content (AvgIpc) is 2.17. The molecule has 0 radical (unpaired) electrons. The number of hydrogen-bond acceptors (Lipinski definition) is 3. The van der Waals surface area contributed by atoms with Crippen LogP contribution >= 0.6 is 0 Å². The molecule has 0 spiro atoms. The van der Waals surface area contributed by atoms with Crippen LogP contribution in [0.1, 0.15) is 21.5 Å². The normalized spacial score (nSPS) is 9.57. The minimum Gasteiger partial charge on any atom is -0.507 e. The second-order valence-electron chi connectivity index (χ2n) is 2.92. The van der Waals surface area contributed by atoms with Gasteiger partial charge in [-0.1, -0.05) is 12.7 Å². The summed E-state index contributed by atoms with van der Waals surface area (Å²) >= 11 is 0. The van der Waals surface area contributed by atoms with Gasteiger partial charge in [0.2, 0.25) is 0 Å². The number of esters is 1. The van der Waals surface area contributed by atoms with Crippen molar-refractivity contribution >= 4 is 12.0 Å². The van der Waals surface area contributed by atoms with Gasteiger partial charge in [0.1, 0.15) is 5.75 Å². The highest BCUT2D eigenvalue weighted by Crippen LogP contribution is 2.23. The first-order chi connectivity index (χ1) is 6.60. The first-order valence-electron chi connectivity index (χ1n) is 4.14. The maximum atomic E-state index is 11.3. The molecule has 0 heterocycles. The maximum Gasteiger partial charge on any atom is 0.338 e. The van der Waals surface area contributed by atoms with Crippen molar-refractivity contribution in [2.24, 2.45) is 0 Å². The Bertz CT molecular complexity index is 380. The van der Waals surface area contributed by atoms with Gasteiger partial charge in [0.05, 0.1) is 12.7 Å². The Morgan fingerprint density at radius 3 is 2.71 bits per heavy atom. The Hall–Kier alpha value is -1.77. The number of methoxy groups -OCH3 is 1.